The highest BCUT2D eigenvalue weighted by molar-refractivity contribution is 5.77. The van der Waals surface area contributed by atoms with E-state index in [4.69, 9.17) is 14.2 Å². The maximum Gasteiger partial charge on any atom is 0.311 e. The molecular weight excluding hydrogens is 268 g/mol. The van der Waals surface area contributed by atoms with E-state index in [0.717, 1.165) is 44.9 Å². The van der Waals surface area contributed by atoms with Gasteiger partial charge < -0.3 is 14.2 Å². The summed E-state index contributed by atoms with van der Waals surface area (Å²) < 4.78 is 16.3. The predicted molar refractivity (Wildman–Crippen MR) is 78.7 cm³/mol. The van der Waals surface area contributed by atoms with Crippen LogP contribution in [0.1, 0.15) is 51.9 Å². The first-order chi connectivity index (χ1) is 10.0. The Bertz CT molecular complexity index is 410. The average Bonchev–Trinajstić information content (AvgIpc) is 2.95. The largest absolute Gasteiger partial charge is 0.469 e. The van der Waals surface area contributed by atoms with E-state index in [-0.39, 0.29) is 16.8 Å². The highest BCUT2D eigenvalue weighted by atomic mass is 16.7. The molecule has 118 valence electrons. The molecule has 1 saturated heterocycles. The molecule has 1 aliphatic heterocycles. The van der Waals surface area contributed by atoms with E-state index in [1.165, 1.54) is 7.11 Å². The van der Waals surface area contributed by atoms with Crippen LogP contribution in [0.3, 0.4) is 0 Å². The number of rotatable bonds is 4. The van der Waals surface area contributed by atoms with E-state index in [9.17, 15) is 4.79 Å². The van der Waals surface area contributed by atoms with Gasteiger partial charge in [0.25, 0.3) is 0 Å². The number of methoxy groups -OCH3 is 1. The Morgan fingerprint density at radius 3 is 2.19 bits per heavy atom. The Morgan fingerprint density at radius 1 is 1.10 bits per heavy atom. The SMILES string of the molecule is COC(=O)C12CCC(C=CCC3(C)OCCO3)(CC1)CC2. The van der Waals surface area contributed by atoms with E-state index in [1.54, 1.807) is 0 Å². The second-order valence-electron chi connectivity index (χ2n) is 7.07. The van der Waals surface area contributed by atoms with Crippen molar-refractivity contribution < 1.29 is 19.0 Å². The third kappa shape index (κ3) is 2.76. The summed E-state index contributed by atoms with van der Waals surface area (Å²) in [6, 6.07) is 0. The molecule has 1 heterocycles. The van der Waals surface area contributed by atoms with Gasteiger partial charge in [-0.25, -0.2) is 0 Å². The summed E-state index contributed by atoms with van der Waals surface area (Å²) in [5, 5.41) is 0. The van der Waals surface area contributed by atoms with Crippen molar-refractivity contribution in [3.8, 4) is 0 Å². The quantitative estimate of drug-likeness (QED) is 0.590. The molecule has 4 aliphatic rings. The van der Waals surface area contributed by atoms with Crippen molar-refractivity contribution in [2.24, 2.45) is 10.8 Å². The molecule has 0 atom stereocenters. The lowest BCUT2D eigenvalue weighted by atomic mass is 9.53. The fraction of sp³-hybridized carbons (Fsp3) is 0.824. The van der Waals surface area contributed by atoms with Gasteiger partial charge in [-0.1, -0.05) is 12.2 Å². The first-order valence-corrected chi connectivity index (χ1v) is 8.06. The van der Waals surface area contributed by atoms with Crippen LogP contribution in [0.15, 0.2) is 12.2 Å². The minimum Gasteiger partial charge on any atom is -0.469 e. The Hall–Kier alpha value is -0.870. The molecule has 3 saturated carbocycles. The number of hydrogen-bond acceptors (Lipinski definition) is 4. The molecule has 2 bridgehead atoms. The van der Waals surface area contributed by atoms with Gasteiger partial charge >= 0.3 is 5.97 Å². The standard InChI is InChI=1S/C17H26O4/c1-15(20-12-13-21-15)4-3-5-16-6-9-17(10-7-16,11-8-16)14(18)19-2/h3,5H,4,6-13H2,1-2H3. The van der Waals surface area contributed by atoms with Gasteiger partial charge in [0.15, 0.2) is 5.79 Å². The van der Waals surface area contributed by atoms with Gasteiger partial charge in [-0.05, 0) is 50.9 Å². The molecule has 0 aromatic heterocycles. The zero-order valence-electron chi connectivity index (χ0n) is 13.2. The monoisotopic (exact) mass is 294 g/mol. The van der Waals surface area contributed by atoms with Gasteiger partial charge in [-0.15, -0.1) is 0 Å². The van der Waals surface area contributed by atoms with Crippen LogP contribution in [0, 0.1) is 10.8 Å². The maximum atomic E-state index is 12.0. The third-order valence-corrected chi connectivity index (χ3v) is 5.78. The third-order valence-electron chi connectivity index (χ3n) is 5.78. The minimum absolute atomic E-state index is 0.0000429. The summed E-state index contributed by atoms with van der Waals surface area (Å²) in [7, 11) is 1.51. The van der Waals surface area contributed by atoms with Gasteiger partial charge in [0.05, 0.1) is 25.7 Å². The highest BCUT2D eigenvalue weighted by Crippen LogP contribution is 2.58. The fourth-order valence-corrected chi connectivity index (χ4v) is 4.19. The van der Waals surface area contributed by atoms with Crippen molar-refractivity contribution >= 4 is 5.97 Å². The molecule has 4 heteroatoms. The van der Waals surface area contributed by atoms with E-state index >= 15 is 0 Å². The minimum atomic E-state index is -0.438. The Balaban J connectivity index is 1.60. The second kappa shape index (κ2) is 5.40. The van der Waals surface area contributed by atoms with Crippen LogP contribution < -0.4 is 0 Å². The zero-order valence-corrected chi connectivity index (χ0v) is 13.2. The van der Waals surface area contributed by atoms with Crippen molar-refractivity contribution in [2.75, 3.05) is 20.3 Å². The second-order valence-corrected chi connectivity index (χ2v) is 7.07. The molecule has 0 aromatic carbocycles. The molecule has 0 amide bonds. The first kappa shape index (κ1) is 15.0. The summed E-state index contributed by atoms with van der Waals surface area (Å²) in [5.41, 5.74) is 0.0960. The molecule has 4 rings (SSSR count). The molecule has 4 fully saturated rings. The maximum absolute atomic E-state index is 12.0. The lowest BCUT2D eigenvalue weighted by Crippen LogP contribution is -2.45. The molecule has 0 spiro atoms. The smallest absolute Gasteiger partial charge is 0.311 e. The number of ether oxygens (including phenoxy) is 3. The van der Waals surface area contributed by atoms with Crippen LogP contribution in [-0.4, -0.2) is 32.1 Å². The Kier molecular flexibility index (Phi) is 3.87. The number of fused-ring (bicyclic) bond motifs is 3. The van der Waals surface area contributed by atoms with Crippen LogP contribution in [0.5, 0.6) is 0 Å². The van der Waals surface area contributed by atoms with Gasteiger partial charge in [0.2, 0.25) is 0 Å². The van der Waals surface area contributed by atoms with E-state index < -0.39 is 5.79 Å². The van der Waals surface area contributed by atoms with Crippen molar-refractivity contribution in [1.29, 1.82) is 0 Å². The molecule has 0 aromatic rings. The molecule has 0 unspecified atom stereocenters. The van der Waals surface area contributed by atoms with Crippen LogP contribution in [0.25, 0.3) is 0 Å². The molecule has 4 nitrogen and oxygen atoms in total. The summed E-state index contributed by atoms with van der Waals surface area (Å²) in [4.78, 5) is 12.0. The molecule has 0 radical (unpaired) electrons. The van der Waals surface area contributed by atoms with Gasteiger partial charge in [-0.2, -0.15) is 0 Å². The molecular formula is C17H26O4. The fourth-order valence-electron chi connectivity index (χ4n) is 4.19. The molecule has 0 N–H and O–H groups in total. The average molecular weight is 294 g/mol. The van der Waals surface area contributed by atoms with Gasteiger partial charge in [0.1, 0.15) is 0 Å². The first-order valence-electron chi connectivity index (χ1n) is 8.06. The van der Waals surface area contributed by atoms with Gasteiger partial charge in [0, 0.05) is 6.42 Å². The summed E-state index contributed by atoms with van der Waals surface area (Å²) >= 11 is 0. The Morgan fingerprint density at radius 2 is 1.67 bits per heavy atom. The van der Waals surface area contributed by atoms with Crippen LogP contribution in [0.2, 0.25) is 0 Å². The van der Waals surface area contributed by atoms with E-state index in [2.05, 4.69) is 12.2 Å². The summed E-state index contributed by atoms with van der Waals surface area (Å²) in [6.07, 6.45) is 11.6. The lowest BCUT2D eigenvalue weighted by Gasteiger charge is -2.50. The number of esters is 1. The molecule has 3 aliphatic carbocycles. The van der Waals surface area contributed by atoms with Crippen molar-refractivity contribution in [3.05, 3.63) is 12.2 Å². The predicted octanol–water partition coefficient (Wildman–Crippen LogP) is 3.21. The Labute approximate surface area is 126 Å². The van der Waals surface area contributed by atoms with Crippen LogP contribution in [0.4, 0.5) is 0 Å². The lowest BCUT2D eigenvalue weighted by molar-refractivity contribution is -0.161. The van der Waals surface area contributed by atoms with Crippen LogP contribution >= 0.6 is 0 Å². The summed E-state index contributed by atoms with van der Waals surface area (Å²) in [5.74, 6) is -0.438. The van der Waals surface area contributed by atoms with Crippen molar-refractivity contribution in [2.45, 2.75) is 57.7 Å². The van der Waals surface area contributed by atoms with E-state index in [0.29, 0.717) is 13.2 Å². The van der Waals surface area contributed by atoms with Crippen molar-refractivity contribution in [3.63, 3.8) is 0 Å². The topological polar surface area (TPSA) is 44.8 Å². The number of allylic oxidation sites excluding steroid dienone is 1. The summed E-state index contributed by atoms with van der Waals surface area (Å²) in [6.45, 7) is 3.39. The zero-order chi connectivity index (χ0) is 15.0. The highest BCUT2D eigenvalue weighted by Gasteiger charge is 2.52. The van der Waals surface area contributed by atoms with Gasteiger partial charge in [-0.3, -0.25) is 4.79 Å². The van der Waals surface area contributed by atoms with Crippen LogP contribution in [-0.2, 0) is 19.0 Å². The van der Waals surface area contributed by atoms with E-state index in [1.807, 2.05) is 6.92 Å². The number of hydrogen-bond donors (Lipinski definition) is 0. The van der Waals surface area contributed by atoms with Crippen molar-refractivity contribution in [1.82, 2.24) is 0 Å². The normalized spacial score (nSPS) is 38.0. The number of carbonyl (C=O) groups excluding carboxylic acids is 1. The molecule has 21 heavy (non-hydrogen) atoms. The number of carbonyl (C=O) groups is 1.